The standard InChI is InChI=1S/C26H25F2N7O2/c1-14-6-5-7-21(29-14)34(4)25(36)20-13-35(10-11-37-20)26-32-22(18-9-8-17(27)12-19(18)28)23-24(33-26)31-16(3)15(2)30-23/h5-9,12,20H,10-11,13H2,1-4H3. The number of anilines is 2. The van der Waals surface area contributed by atoms with Gasteiger partial charge in [-0.1, -0.05) is 6.07 Å². The molecule has 0 N–H and O–H groups in total. The number of halogens is 2. The van der Waals surface area contributed by atoms with E-state index in [1.54, 1.807) is 31.9 Å². The number of hydrogen-bond donors (Lipinski definition) is 0. The molecule has 4 heterocycles. The zero-order valence-electron chi connectivity index (χ0n) is 20.9. The van der Waals surface area contributed by atoms with Crippen molar-refractivity contribution in [3.63, 3.8) is 0 Å². The number of hydrogen-bond acceptors (Lipinski definition) is 8. The molecule has 0 bridgehead atoms. The zero-order chi connectivity index (χ0) is 26.3. The smallest absolute Gasteiger partial charge is 0.258 e. The molecule has 1 saturated heterocycles. The lowest BCUT2D eigenvalue weighted by Gasteiger charge is -2.34. The van der Waals surface area contributed by atoms with Crippen LogP contribution >= 0.6 is 0 Å². The minimum absolute atomic E-state index is 0.0822. The number of morpholine rings is 1. The first-order chi connectivity index (χ1) is 17.7. The van der Waals surface area contributed by atoms with Crippen LogP contribution in [-0.2, 0) is 9.53 Å². The summed E-state index contributed by atoms with van der Waals surface area (Å²) in [5.41, 5.74) is 2.98. The van der Waals surface area contributed by atoms with Crippen molar-refractivity contribution in [2.75, 3.05) is 36.5 Å². The van der Waals surface area contributed by atoms with Gasteiger partial charge >= 0.3 is 0 Å². The van der Waals surface area contributed by atoms with E-state index in [9.17, 15) is 13.6 Å². The molecule has 37 heavy (non-hydrogen) atoms. The summed E-state index contributed by atoms with van der Waals surface area (Å²) in [7, 11) is 1.65. The van der Waals surface area contributed by atoms with Crippen molar-refractivity contribution in [3.8, 4) is 11.3 Å². The Bertz CT molecular complexity index is 1510. The van der Waals surface area contributed by atoms with Crippen LogP contribution in [0.25, 0.3) is 22.4 Å². The quantitative estimate of drug-likeness (QED) is 0.416. The summed E-state index contributed by atoms with van der Waals surface area (Å²) in [4.78, 5) is 39.2. The van der Waals surface area contributed by atoms with Crippen LogP contribution < -0.4 is 9.80 Å². The zero-order valence-corrected chi connectivity index (χ0v) is 20.9. The Morgan fingerprint density at radius 2 is 1.81 bits per heavy atom. The van der Waals surface area contributed by atoms with Crippen molar-refractivity contribution in [2.45, 2.75) is 26.9 Å². The summed E-state index contributed by atoms with van der Waals surface area (Å²) in [6.07, 6.45) is -0.794. The van der Waals surface area contributed by atoms with Crippen LogP contribution in [0.3, 0.4) is 0 Å². The van der Waals surface area contributed by atoms with Gasteiger partial charge in [0.05, 0.1) is 24.5 Å². The Hall–Kier alpha value is -4.12. The van der Waals surface area contributed by atoms with E-state index in [0.29, 0.717) is 29.3 Å². The SMILES string of the molecule is Cc1cccc(N(C)C(=O)C2CN(c3nc(-c4ccc(F)cc4F)c4nc(C)c(C)nc4n3)CCO2)n1. The fourth-order valence-electron chi connectivity index (χ4n) is 4.14. The van der Waals surface area contributed by atoms with Gasteiger partial charge in [0.15, 0.2) is 11.8 Å². The second kappa shape index (κ2) is 9.74. The number of fused-ring (bicyclic) bond motifs is 1. The molecule has 3 aromatic heterocycles. The third-order valence-electron chi connectivity index (χ3n) is 6.29. The number of ether oxygens (including phenoxy) is 1. The first-order valence-corrected chi connectivity index (χ1v) is 11.8. The molecule has 1 aliphatic heterocycles. The monoisotopic (exact) mass is 505 g/mol. The van der Waals surface area contributed by atoms with Gasteiger partial charge in [-0.05, 0) is 45.0 Å². The first kappa shape index (κ1) is 24.6. The van der Waals surface area contributed by atoms with Crippen molar-refractivity contribution < 1.29 is 18.3 Å². The molecule has 1 unspecified atom stereocenters. The highest BCUT2D eigenvalue weighted by molar-refractivity contribution is 5.96. The van der Waals surface area contributed by atoms with Gasteiger partial charge in [-0.2, -0.15) is 4.98 Å². The third kappa shape index (κ3) is 4.82. The van der Waals surface area contributed by atoms with Crippen molar-refractivity contribution in [3.05, 3.63) is 65.1 Å². The van der Waals surface area contributed by atoms with Crippen LogP contribution in [-0.4, -0.2) is 63.7 Å². The van der Waals surface area contributed by atoms with Crippen molar-refractivity contribution in [1.82, 2.24) is 24.9 Å². The molecule has 0 spiro atoms. The first-order valence-electron chi connectivity index (χ1n) is 11.8. The Kier molecular flexibility index (Phi) is 6.46. The number of likely N-dealkylation sites (N-methyl/N-ethyl adjacent to an activating group) is 1. The summed E-state index contributed by atoms with van der Waals surface area (Å²) in [6, 6.07) is 8.73. The number of amides is 1. The molecule has 1 amide bonds. The maximum atomic E-state index is 14.8. The van der Waals surface area contributed by atoms with E-state index in [4.69, 9.17) is 4.74 Å². The van der Waals surface area contributed by atoms with E-state index in [-0.39, 0.29) is 41.9 Å². The fourth-order valence-corrected chi connectivity index (χ4v) is 4.14. The number of carbonyl (C=O) groups excluding carboxylic acids is 1. The lowest BCUT2D eigenvalue weighted by molar-refractivity contribution is -0.130. The summed E-state index contributed by atoms with van der Waals surface area (Å²) in [6.45, 7) is 6.28. The lowest BCUT2D eigenvalue weighted by Crippen LogP contribution is -2.51. The Morgan fingerprint density at radius 3 is 2.57 bits per heavy atom. The van der Waals surface area contributed by atoms with Crippen LogP contribution in [0.4, 0.5) is 20.5 Å². The average Bonchev–Trinajstić information content (AvgIpc) is 2.88. The largest absolute Gasteiger partial charge is 0.365 e. The van der Waals surface area contributed by atoms with E-state index >= 15 is 0 Å². The van der Waals surface area contributed by atoms with E-state index in [2.05, 4.69) is 24.9 Å². The van der Waals surface area contributed by atoms with Crippen LogP contribution in [0, 0.1) is 32.4 Å². The topological polar surface area (TPSA) is 97.2 Å². The molecule has 0 radical (unpaired) electrons. The van der Waals surface area contributed by atoms with Gasteiger partial charge in [-0.3, -0.25) is 9.69 Å². The molecule has 1 aromatic carbocycles. The highest BCUT2D eigenvalue weighted by atomic mass is 19.1. The van der Waals surface area contributed by atoms with Gasteiger partial charge in [0.1, 0.15) is 28.7 Å². The molecule has 0 saturated carbocycles. The highest BCUT2D eigenvalue weighted by Gasteiger charge is 2.32. The Morgan fingerprint density at radius 1 is 1.03 bits per heavy atom. The maximum absolute atomic E-state index is 14.8. The van der Waals surface area contributed by atoms with Crippen LogP contribution in [0.15, 0.2) is 36.4 Å². The number of benzene rings is 1. The lowest BCUT2D eigenvalue weighted by atomic mass is 10.1. The average molecular weight is 506 g/mol. The van der Waals surface area contributed by atoms with Crippen molar-refractivity contribution in [2.24, 2.45) is 0 Å². The second-order valence-electron chi connectivity index (χ2n) is 8.90. The number of carbonyl (C=O) groups is 1. The minimum atomic E-state index is -0.794. The van der Waals surface area contributed by atoms with Gasteiger partial charge in [-0.25, -0.2) is 28.7 Å². The summed E-state index contributed by atoms with van der Waals surface area (Å²) in [5.74, 6) is -0.961. The Labute approximate surface area is 212 Å². The van der Waals surface area contributed by atoms with Crippen LogP contribution in [0.1, 0.15) is 17.1 Å². The fraction of sp³-hybridized carbons (Fsp3) is 0.308. The molecule has 9 nitrogen and oxygen atoms in total. The molecule has 1 fully saturated rings. The number of pyridine rings is 1. The molecule has 1 aliphatic rings. The summed E-state index contributed by atoms with van der Waals surface area (Å²) < 4.78 is 34.2. The van der Waals surface area contributed by atoms with E-state index < -0.39 is 17.7 Å². The normalized spacial score (nSPS) is 15.7. The number of aryl methyl sites for hydroxylation is 3. The van der Waals surface area contributed by atoms with Gasteiger partial charge in [-0.15, -0.1) is 0 Å². The molecular formula is C26H25F2N7O2. The van der Waals surface area contributed by atoms with E-state index in [0.717, 1.165) is 11.8 Å². The molecule has 190 valence electrons. The van der Waals surface area contributed by atoms with Gasteiger partial charge in [0.2, 0.25) is 5.95 Å². The molecule has 5 rings (SSSR count). The molecule has 0 aliphatic carbocycles. The van der Waals surface area contributed by atoms with Gasteiger partial charge < -0.3 is 9.64 Å². The third-order valence-corrected chi connectivity index (χ3v) is 6.29. The molecule has 11 heteroatoms. The molecular weight excluding hydrogens is 480 g/mol. The van der Waals surface area contributed by atoms with Crippen molar-refractivity contribution >= 4 is 28.8 Å². The van der Waals surface area contributed by atoms with E-state index in [1.807, 2.05) is 19.1 Å². The van der Waals surface area contributed by atoms with Crippen LogP contribution in [0.2, 0.25) is 0 Å². The predicted molar refractivity (Wildman–Crippen MR) is 134 cm³/mol. The molecule has 1 atom stereocenters. The number of aromatic nitrogens is 5. The number of rotatable bonds is 4. The molecule has 4 aromatic rings. The highest BCUT2D eigenvalue weighted by Crippen LogP contribution is 2.30. The van der Waals surface area contributed by atoms with Crippen LogP contribution in [0.5, 0.6) is 0 Å². The van der Waals surface area contributed by atoms with E-state index in [1.165, 1.54) is 17.0 Å². The summed E-state index contributed by atoms with van der Waals surface area (Å²) >= 11 is 0. The Balaban J connectivity index is 1.52. The predicted octanol–water partition coefficient (Wildman–Crippen LogP) is 3.55. The van der Waals surface area contributed by atoms with Gasteiger partial charge in [0.25, 0.3) is 5.91 Å². The minimum Gasteiger partial charge on any atom is -0.365 e. The number of nitrogens with zero attached hydrogens (tertiary/aromatic N) is 7. The second-order valence-corrected chi connectivity index (χ2v) is 8.90. The maximum Gasteiger partial charge on any atom is 0.258 e. The van der Waals surface area contributed by atoms with Gasteiger partial charge in [0, 0.05) is 30.9 Å². The summed E-state index contributed by atoms with van der Waals surface area (Å²) in [5, 5.41) is 0. The van der Waals surface area contributed by atoms with Crippen molar-refractivity contribution in [1.29, 1.82) is 0 Å².